The molecule has 0 atom stereocenters. The molecule has 0 unspecified atom stereocenters. The van der Waals surface area contributed by atoms with Crippen molar-refractivity contribution in [3.8, 4) is 0 Å². The van der Waals surface area contributed by atoms with E-state index in [1.807, 2.05) is 16.6 Å². The Morgan fingerprint density at radius 2 is 2.20 bits per heavy atom. The predicted octanol–water partition coefficient (Wildman–Crippen LogP) is 1.45. The van der Waals surface area contributed by atoms with Gasteiger partial charge in [-0.3, -0.25) is 0 Å². The maximum atomic E-state index is 5.97. The highest BCUT2D eigenvalue weighted by atomic mass is 16.5. The minimum Gasteiger partial charge on any atom is -0.371 e. The first-order valence-electron chi connectivity index (χ1n) is 7.40. The summed E-state index contributed by atoms with van der Waals surface area (Å²) in [5, 5.41) is 13.0. The maximum Gasteiger partial charge on any atom is 0.178 e. The monoisotopic (exact) mass is 273 g/mol. The Kier molecular flexibility index (Phi) is 2.66. The van der Waals surface area contributed by atoms with E-state index in [2.05, 4.69) is 22.0 Å². The van der Waals surface area contributed by atoms with Crippen molar-refractivity contribution < 1.29 is 4.74 Å². The molecular weight excluding hydrogens is 254 g/mol. The molecule has 20 heavy (non-hydrogen) atoms. The first-order chi connectivity index (χ1) is 9.80. The highest BCUT2D eigenvalue weighted by Gasteiger charge is 2.42. The van der Waals surface area contributed by atoms with E-state index in [0.29, 0.717) is 0 Å². The standard InChI is InChI=1S/C14H19N5O/c1-2-11-15-16-12-4-5-13(17-19(11)12)18-8-9-20-14(10-18)6-3-7-14/h4-5H,2-3,6-10H2,1H3. The Labute approximate surface area is 117 Å². The van der Waals surface area contributed by atoms with Crippen LogP contribution in [0.3, 0.4) is 0 Å². The molecule has 2 aromatic heterocycles. The highest BCUT2D eigenvalue weighted by Crippen LogP contribution is 2.38. The van der Waals surface area contributed by atoms with E-state index in [-0.39, 0.29) is 5.60 Å². The third-order valence-electron chi connectivity index (χ3n) is 4.47. The van der Waals surface area contributed by atoms with Gasteiger partial charge >= 0.3 is 0 Å². The van der Waals surface area contributed by atoms with E-state index in [1.54, 1.807) is 0 Å². The van der Waals surface area contributed by atoms with Crippen LogP contribution in [0.4, 0.5) is 5.82 Å². The van der Waals surface area contributed by atoms with Gasteiger partial charge in [0.1, 0.15) is 5.82 Å². The highest BCUT2D eigenvalue weighted by molar-refractivity contribution is 5.46. The Morgan fingerprint density at radius 1 is 1.30 bits per heavy atom. The van der Waals surface area contributed by atoms with Crippen LogP contribution in [0, 0.1) is 0 Å². The Hall–Kier alpha value is -1.69. The van der Waals surface area contributed by atoms with Crippen LogP contribution >= 0.6 is 0 Å². The number of anilines is 1. The van der Waals surface area contributed by atoms with E-state index >= 15 is 0 Å². The summed E-state index contributed by atoms with van der Waals surface area (Å²) in [4.78, 5) is 2.33. The first-order valence-corrected chi connectivity index (χ1v) is 7.40. The second kappa shape index (κ2) is 4.41. The summed E-state index contributed by atoms with van der Waals surface area (Å²) in [6, 6.07) is 4.04. The smallest absolute Gasteiger partial charge is 0.178 e. The number of aryl methyl sites for hydroxylation is 1. The first kappa shape index (κ1) is 12.1. The van der Waals surface area contributed by atoms with Crippen LogP contribution in [0.25, 0.3) is 5.65 Å². The zero-order chi connectivity index (χ0) is 13.6. The van der Waals surface area contributed by atoms with Gasteiger partial charge in [0.25, 0.3) is 0 Å². The molecule has 6 heteroatoms. The molecule has 1 saturated heterocycles. The number of aromatic nitrogens is 4. The lowest BCUT2D eigenvalue weighted by molar-refractivity contribution is -0.106. The fourth-order valence-corrected chi connectivity index (χ4v) is 3.13. The van der Waals surface area contributed by atoms with Crippen molar-refractivity contribution in [3.63, 3.8) is 0 Å². The van der Waals surface area contributed by atoms with Gasteiger partial charge in [-0.2, -0.15) is 4.52 Å². The minimum absolute atomic E-state index is 0.0929. The lowest BCUT2D eigenvalue weighted by atomic mass is 9.79. The zero-order valence-electron chi connectivity index (χ0n) is 11.7. The number of morpholine rings is 1. The second-order valence-electron chi connectivity index (χ2n) is 5.74. The lowest BCUT2D eigenvalue weighted by Crippen LogP contribution is -2.56. The molecule has 1 spiro atoms. The summed E-state index contributed by atoms with van der Waals surface area (Å²) in [5.41, 5.74) is 0.910. The van der Waals surface area contributed by atoms with Crippen LogP contribution in [0.1, 0.15) is 32.0 Å². The van der Waals surface area contributed by atoms with Crippen LogP contribution in [-0.2, 0) is 11.2 Å². The van der Waals surface area contributed by atoms with E-state index < -0.39 is 0 Å². The van der Waals surface area contributed by atoms with Gasteiger partial charge in [0.2, 0.25) is 0 Å². The molecule has 2 aliphatic rings. The van der Waals surface area contributed by atoms with E-state index in [9.17, 15) is 0 Å². The van der Waals surface area contributed by atoms with Crippen molar-refractivity contribution >= 4 is 11.5 Å². The van der Waals surface area contributed by atoms with Crippen molar-refractivity contribution in [1.29, 1.82) is 0 Å². The van der Waals surface area contributed by atoms with Crippen molar-refractivity contribution in [2.45, 2.75) is 38.2 Å². The SMILES string of the molecule is CCc1nnc2ccc(N3CCOC4(CCC4)C3)nn12. The average molecular weight is 273 g/mol. The van der Waals surface area contributed by atoms with Crippen LogP contribution in [0.2, 0.25) is 0 Å². The minimum atomic E-state index is 0.0929. The normalized spacial score (nSPS) is 21.4. The molecule has 0 aromatic carbocycles. The second-order valence-corrected chi connectivity index (χ2v) is 5.74. The van der Waals surface area contributed by atoms with Gasteiger partial charge in [-0.05, 0) is 31.4 Å². The van der Waals surface area contributed by atoms with E-state index in [4.69, 9.17) is 9.84 Å². The summed E-state index contributed by atoms with van der Waals surface area (Å²) < 4.78 is 7.83. The number of fused-ring (bicyclic) bond motifs is 1. The number of ether oxygens (including phenoxy) is 1. The summed E-state index contributed by atoms with van der Waals surface area (Å²) in [5.74, 6) is 1.91. The Balaban J connectivity index is 1.67. The van der Waals surface area contributed by atoms with E-state index in [0.717, 1.165) is 43.4 Å². The van der Waals surface area contributed by atoms with Crippen LogP contribution in [0.15, 0.2) is 12.1 Å². The molecule has 3 heterocycles. The molecule has 2 fully saturated rings. The molecule has 1 saturated carbocycles. The summed E-state index contributed by atoms with van der Waals surface area (Å²) in [6.07, 6.45) is 4.48. The average Bonchev–Trinajstić information content (AvgIpc) is 2.88. The number of rotatable bonds is 2. The van der Waals surface area contributed by atoms with Gasteiger partial charge < -0.3 is 9.64 Å². The van der Waals surface area contributed by atoms with Gasteiger partial charge in [-0.25, -0.2) is 0 Å². The fourth-order valence-electron chi connectivity index (χ4n) is 3.13. The van der Waals surface area contributed by atoms with Crippen molar-refractivity contribution in [2.75, 3.05) is 24.6 Å². The Morgan fingerprint density at radius 3 is 2.95 bits per heavy atom. The van der Waals surface area contributed by atoms with Gasteiger partial charge in [0, 0.05) is 19.5 Å². The molecular formula is C14H19N5O. The van der Waals surface area contributed by atoms with Gasteiger partial charge in [-0.1, -0.05) is 6.92 Å². The van der Waals surface area contributed by atoms with Crippen LogP contribution in [-0.4, -0.2) is 45.1 Å². The molecule has 2 aromatic rings. The van der Waals surface area contributed by atoms with Gasteiger partial charge in [0.15, 0.2) is 11.5 Å². The topological polar surface area (TPSA) is 55.5 Å². The summed E-state index contributed by atoms with van der Waals surface area (Å²) >= 11 is 0. The number of hydrogen-bond donors (Lipinski definition) is 0. The molecule has 6 nitrogen and oxygen atoms in total. The molecule has 1 aliphatic heterocycles. The number of hydrogen-bond acceptors (Lipinski definition) is 5. The van der Waals surface area contributed by atoms with Crippen molar-refractivity contribution in [2.24, 2.45) is 0 Å². The molecule has 0 amide bonds. The van der Waals surface area contributed by atoms with Crippen molar-refractivity contribution in [1.82, 2.24) is 19.8 Å². The maximum absolute atomic E-state index is 5.97. The van der Waals surface area contributed by atoms with Crippen LogP contribution in [0.5, 0.6) is 0 Å². The van der Waals surface area contributed by atoms with E-state index in [1.165, 1.54) is 19.3 Å². The van der Waals surface area contributed by atoms with Gasteiger partial charge in [0.05, 0.1) is 12.2 Å². The molecule has 0 radical (unpaired) electrons. The summed E-state index contributed by atoms with van der Waals surface area (Å²) in [6.45, 7) is 4.73. The Bertz CT molecular complexity index is 634. The quantitative estimate of drug-likeness (QED) is 0.829. The molecule has 0 N–H and O–H groups in total. The fraction of sp³-hybridized carbons (Fsp3) is 0.643. The third-order valence-corrected chi connectivity index (χ3v) is 4.47. The predicted molar refractivity (Wildman–Crippen MR) is 74.9 cm³/mol. The van der Waals surface area contributed by atoms with Crippen LogP contribution < -0.4 is 4.90 Å². The lowest BCUT2D eigenvalue weighted by Gasteiger charge is -2.48. The molecule has 4 rings (SSSR count). The molecule has 1 aliphatic carbocycles. The molecule has 106 valence electrons. The van der Waals surface area contributed by atoms with Gasteiger partial charge in [-0.15, -0.1) is 15.3 Å². The van der Waals surface area contributed by atoms with Crippen molar-refractivity contribution in [3.05, 3.63) is 18.0 Å². The largest absolute Gasteiger partial charge is 0.371 e. The zero-order valence-corrected chi connectivity index (χ0v) is 11.7. The molecule has 0 bridgehead atoms. The third kappa shape index (κ3) is 1.78. The number of nitrogens with zero attached hydrogens (tertiary/aromatic N) is 5. The summed E-state index contributed by atoms with van der Waals surface area (Å²) in [7, 11) is 0.